The lowest BCUT2D eigenvalue weighted by atomic mass is 9.95. The van der Waals surface area contributed by atoms with Gasteiger partial charge in [-0.3, -0.25) is 0 Å². The predicted octanol–water partition coefficient (Wildman–Crippen LogP) is 4.51. The van der Waals surface area contributed by atoms with Crippen molar-refractivity contribution in [3.63, 3.8) is 0 Å². The van der Waals surface area contributed by atoms with E-state index in [0.717, 1.165) is 0 Å². The molecule has 2 aromatic carbocycles. The summed E-state index contributed by atoms with van der Waals surface area (Å²) in [5.41, 5.74) is -4.25. The van der Waals surface area contributed by atoms with Crippen LogP contribution in [0.5, 0.6) is 0 Å². The SMILES string of the molecule is O=S(=O)(c1ccc(C(F)(F)F)cc1)C1(S(=O)(=O)c2ccc(C(F)(F)F)cc2)CCCC(=NO)C1=NO. The van der Waals surface area contributed by atoms with Crippen molar-refractivity contribution >= 4 is 31.1 Å². The van der Waals surface area contributed by atoms with Gasteiger partial charge in [-0.2, -0.15) is 26.3 Å². The van der Waals surface area contributed by atoms with Crippen LogP contribution in [0.25, 0.3) is 0 Å². The van der Waals surface area contributed by atoms with E-state index in [1.165, 1.54) is 0 Å². The third-order valence-corrected chi connectivity index (χ3v) is 11.3. The van der Waals surface area contributed by atoms with Crippen LogP contribution in [0, 0.1) is 0 Å². The molecular weight excluding hydrogens is 542 g/mol. The highest BCUT2D eigenvalue weighted by Gasteiger charge is 2.63. The van der Waals surface area contributed by atoms with E-state index >= 15 is 0 Å². The molecule has 1 aliphatic carbocycles. The third kappa shape index (κ3) is 4.31. The lowest BCUT2D eigenvalue weighted by Gasteiger charge is -2.36. The first kappa shape index (κ1) is 27.4. The van der Waals surface area contributed by atoms with Crippen LogP contribution in [-0.2, 0) is 32.0 Å². The van der Waals surface area contributed by atoms with Crippen molar-refractivity contribution in [3.8, 4) is 0 Å². The molecule has 8 nitrogen and oxygen atoms in total. The molecule has 1 saturated carbocycles. The highest BCUT2D eigenvalue weighted by Crippen LogP contribution is 2.45. The van der Waals surface area contributed by atoms with Crippen molar-refractivity contribution in [1.82, 2.24) is 0 Å². The number of rotatable bonds is 4. The maximum absolute atomic E-state index is 13.8. The lowest BCUT2D eigenvalue weighted by molar-refractivity contribution is -0.138. The summed E-state index contributed by atoms with van der Waals surface area (Å²) in [4.78, 5) is -1.82. The van der Waals surface area contributed by atoms with Gasteiger partial charge in [0.2, 0.25) is 23.8 Å². The quantitative estimate of drug-likeness (QED) is 0.322. The Bertz CT molecular complexity index is 1330. The van der Waals surface area contributed by atoms with E-state index in [0.29, 0.717) is 48.5 Å². The minimum absolute atomic E-state index is 0.233. The molecule has 0 spiro atoms. The normalized spacial score (nSPS) is 19.5. The summed E-state index contributed by atoms with van der Waals surface area (Å²) in [7, 11) is -10.6. The highest BCUT2D eigenvalue weighted by atomic mass is 32.3. The molecule has 0 bridgehead atoms. The van der Waals surface area contributed by atoms with Gasteiger partial charge in [0.25, 0.3) is 0 Å². The van der Waals surface area contributed by atoms with Gasteiger partial charge in [0.15, 0.2) is 0 Å². The second kappa shape index (κ2) is 9.06. The molecule has 36 heavy (non-hydrogen) atoms. The second-order valence-corrected chi connectivity index (χ2v) is 12.3. The van der Waals surface area contributed by atoms with Crippen molar-refractivity contribution in [2.24, 2.45) is 10.3 Å². The fourth-order valence-corrected chi connectivity index (χ4v) is 9.01. The molecule has 1 aliphatic rings. The van der Waals surface area contributed by atoms with Crippen LogP contribution in [0.3, 0.4) is 0 Å². The smallest absolute Gasteiger partial charge is 0.411 e. The number of nitrogens with zero attached hydrogens (tertiary/aromatic N) is 2. The Kier molecular flexibility index (Phi) is 6.91. The molecule has 0 saturated heterocycles. The molecule has 0 radical (unpaired) electrons. The zero-order valence-corrected chi connectivity index (χ0v) is 19.4. The summed E-state index contributed by atoms with van der Waals surface area (Å²) in [6.07, 6.45) is -11.0. The molecule has 0 aliphatic heterocycles. The first-order valence-electron chi connectivity index (χ1n) is 9.81. The van der Waals surface area contributed by atoms with Crippen LogP contribution >= 0.6 is 0 Å². The van der Waals surface area contributed by atoms with E-state index < -0.39 is 74.9 Å². The molecule has 0 unspecified atom stereocenters. The summed E-state index contributed by atoms with van der Waals surface area (Å²) in [5.74, 6) is 0. The number of oxime groups is 2. The molecule has 0 amide bonds. The first-order chi connectivity index (χ1) is 16.5. The van der Waals surface area contributed by atoms with Crippen molar-refractivity contribution in [3.05, 3.63) is 59.7 Å². The van der Waals surface area contributed by atoms with Crippen molar-refractivity contribution in [2.45, 2.75) is 45.5 Å². The molecule has 2 aromatic rings. The molecule has 0 aromatic heterocycles. The second-order valence-electron chi connectivity index (χ2n) is 7.65. The Morgan fingerprint density at radius 2 is 1.08 bits per heavy atom. The molecule has 0 heterocycles. The van der Waals surface area contributed by atoms with Gasteiger partial charge in [0.05, 0.1) is 20.9 Å². The van der Waals surface area contributed by atoms with E-state index in [2.05, 4.69) is 10.3 Å². The van der Waals surface area contributed by atoms with E-state index in [1.807, 2.05) is 0 Å². The van der Waals surface area contributed by atoms with Crippen LogP contribution < -0.4 is 0 Å². The molecule has 196 valence electrons. The van der Waals surface area contributed by atoms with Crippen molar-refractivity contribution in [2.75, 3.05) is 0 Å². The van der Waals surface area contributed by atoms with Crippen LogP contribution in [0.15, 0.2) is 68.6 Å². The zero-order valence-electron chi connectivity index (χ0n) is 17.7. The molecule has 0 atom stereocenters. The van der Waals surface area contributed by atoms with Gasteiger partial charge in [-0.15, -0.1) is 0 Å². The van der Waals surface area contributed by atoms with Crippen LogP contribution in [0.4, 0.5) is 26.3 Å². The fraction of sp³-hybridized carbons (Fsp3) is 0.300. The summed E-state index contributed by atoms with van der Waals surface area (Å²) < 4.78 is 130. The average molecular weight is 558 g/mol. The molecular formula is C20H16F6N2O6S2. The molecule has 16 heteroatoms. The van der Waals surface area contributed by atoms with Gasteiger partial charge >= 0.3 is 12.4 Å². The summed E-state index contributed by atoms with van der Waals surface area (Å²) in [5, 5.41) is 24.5. The number of hydrogen-bond acceptors (Lipinski definition) is 8. The minimum atomic E-state index is -5.29. The highest BCUT2D eigenvalue weighted by molar-refractivity contribution is 8.11. The fourth-order valence-electron chi connectivity index (χ4n) is 3.87. The van der Waals surface area contributed by atoms with E-state index in [9.17, 15) is 53.6 Å². The summed E-state index contributed by atoms with van der Waals surface area (Å²) in [6.45, 7) is 0. The van der Waals surface area contributed by atoms with Gasteiger partial charge in [-0.05, 0) is 67.8 Å². The Labute approximate surface area is 200 Å². The van der Waals surface area contributed by atoms with E-state index in [-0.39, 0.29) is 12.8 Å². The number of sulfone groups is 2. The summed E-state index contributed by atoms with van der Waals surface area (Å²) in [6, 6.07) is 3.58. The number of halogens is 6. The first-order valence-corrected chi connectivity index (χ1v) is 12.8. The number of alkyl halides is 6. The Morgan fingerprint density at radius 3 is 1.39 bits per heavy atom. The number of benzene rings is 2. The molecule has 2 N–H and O–H groups in total. The van der Waals surface area contributed by atoms with Crippen molar-refractivity contribution < 1.29 is 53.6 Å². The van der Waals surface area contributed by atoms with E-state index in [4.69, 9.17) is 0 Å². The third-order valence-electron chi connectivity index (χ3n) is 5.63. The van der Waals surface area contributed by atoms with Gasteiger partial charge in [-0.25, -0.2) is 16.8 Å². The van der Waals surface area contributed by atoms with Crippen LogP contribution in [0.2, 0.25) is 0 Å². The lowest BCUT2D eigenvalue weighted by Crippen LogP contribution is -2.57. The Morgan fingerprint density at radius 1 is 0.694 bits per heavy atom. The van der Waals surface area contributed by atoms with Gasteiger partial charge in [0.1, 0.15) is 11.4 Å². The standard InChI is InChI=1S/C20H16F6N2O6S2/c21-19(22,23)12-3-7-14(8-4-12)35(31,32)18(11-1-2-16(27-29)17(18)28-30)36(33,34)15-9-5-13(6-10-15)20(24,25)26/h3-10,29-30H,1-2,11H2. The maximum atomic E-state index is 13.8. The van der Waals surface area contributed by atoms with E-state index in [1.54, 1.807) is 0 Å². The minimum Gasteiger partial charge on any atom is -0.411 e. The topological polar surface area (TPSA) is 133 Å². The largest absolute Gasteiger partial charge is 0.416 e. The summed E-state index contributed by atoms with van der Waals surface area (Å²) >= 11 is 0. The van der Waals surface area contributed by atoms with Gasteiger partial charge < -0.3 is 10.4 Å². The Balaban J connectivity index is 2.33. The maximum Gasteiger partial charge on any atom is 0.416 e. The van der Waals surface area contributed by atoms with Gasteiger partial charge in [0, 0.05) is 0 Å². The number of hydrogen-bond donors (Lipinski definition) is 2. The molecule has 1 fully saturated rings. The zero-order chi connectivity index (χ0) is 27.2. The van der Waals surface area contributed by atoms with Gasteiger partial charge in [-0.1, -0.05) is 10.3 Å². The van der Waals surface area contributed by atoms with Crippen molar-refractivity contribution in [1.29, 1.82) is 0 Å². The molecule has 3 rings (SSSR count). The van der Waals surface area contributed by atoms with Crippen LogP contribution in [0.1, 0.15) is 30.4 Å². The Hall–Kier alpha value is -3.14. The predicted molar refractivity (Wildman–Crippen MR) is 112 cm³/mol. The van der Waals surface area contributed by atoms with Crippen LogP contribution in [-0.4, -0.2) is 42.8 Å². The monoisotopic (exact) mass is 558 g/mol. The average Bonchev–Trinajstić information content (AvgIpc) is 2.82.